The van der Waals surface area contributed by atoms with Gasteiger partial charge in [0.2, 0.25) is 0 Å². The number of hydrogen-bond acceptors (Lipinski definition) is 5. The van der Waals surface area contributed by atoms with Crippen molar-refractivity contribution in [2.24, 2.45) is 5.10 Å². The number of hydrazone groups is 1. The fourth-order valence-corrected chi connectivity index (χ4v) is 4.17. The predicted molar refractivity (Wildman–Crippen MR) is 109 cm³/mol. The van der Waals surface area contributed by atoms with E-state index in [-0.39, 0.29) is 17.7 Å². The molecule has 0 saturated carbocycles. The first kappa shape index (κ1) is 18.4. The Morgan fingerprint density at radius 2 is 1.89 bits per heavy atom. The number of hydrogen-bond donors (Lipinski definition) is 1. The minimum atomic E-state index is -0.763. The molecule has 0 unspecified atom stereocenters. The zero-order valence-electron chi connectivity index (χ0n) is 15.4. The maximum Gasteiger partial charge on any atom is 0.276 e. The number of aromatic hydroxyl groups is 1. The molecule has 142 valence electrons. The van der Waals surface area contributed by atoms with Gasteiger partial charge in [-0.1, -0.05) is 54.6 Å². The highest BCUT2D eigenvalue weighted by Gasteiger charge is 2.38. The van der Waals surface area contributed by atoms with Crippen LogP contribution < -0.4 is 0 Å². The monoisotopic (exact) mass is 392 g/mol. The molecule has 1 aliphatic heterocycles. The molecule has 2 heterocycles. The third-order valence-corrected chi connectivity index (χ3v) is 5.72. The number of para-hydroxylation sites is 1. The summed E-state index contributed by atoms with van der Waals surface area (Å²) in [7, 11) is 1.52. The summed E-state index contributed by atoms with van der Waals surface area (Å²) in [4.78, 5) is 14.4. The van der Waals surface area contributed by atoms with Crippen LogP contribution in [-0.2, 0) is 9.53 Å². The Morgan fingerprint density at radius 1 is 1.14 bits per heavy atom. The Morgan fingerprint density at radius 3 is 2.57 bits per heavy atom. The summed E-state index contributed by atoms with van der Waals surface area (Å²) in [6.45, 7) is 0. The molecular formula is C22H20N2O3S. The van der Waals surface area contributed by atoms with Crippen LogP contribution in [0.2, 0.25) is 0 Å². The quantitative estimate of drug-likeness (QED) is 0.694. The van der Waals surface area contributed by atoms with Gasteiger partial charge in [-0.25, -0.2) is 5.01 Å². The molecule has 3 aromatic rings. The zero-order chi connectivity index (χ0) is 19.5. The van der Waals surface area contributed by atoms with E-state index in [1.807, 2.05) is 60.0 Å². The van der Waals surface area contributed by atoms with Crippen LogP contribution in [0.5, 0.6) is 5.75 Å². The highest BCUT2D eigenvalue weighted by molar-refractivity contribution is 7.12. The lowest BCUT2D eigenvalue weighted by Gasteiger charge is -2.26. The number of phenols is 1. The van der Waals surface area contributed by atoms with Crippen LogP contribution >= 0.6 is 11.3 Å². The molecule has 5 nitrogen and oxygen atoms in total. The van der Waals surface area contributed by atoms with E-state index >= 15 is 0 Å². The number of thiophene rings is 1. The van der Waals surface area contributed by atoms with Crippen molar-refractivity contribution in [3.8, 4) is 5.75 Å². The topological polar surface area (TPSA) is 62.1 Å². The van der Waals surface area contributed by atoms with Gasteiger partial charge in [-0.05, 0) is 23.1 Å². The highest BCUT2D eigenvalue weighted by Crippen LogP contribution is 2.39. The van der Waals surface area contributed by atoms with E-state index < -0.39 is 6.10 Å². The number of phenolic OH excluding ortho intramolecular Hbond substituents is 1. The molecule has 0 aliphatic carbocycles. The van der Waals surface area contributed by atoms with Crippen LogP contribution in [0.3, 0.4) is 0 Å². The number of amides is 1. The largest absolute Gasteiger partial charge is 0.508 e. The average Bonchev–Trinajstić information content (AvgIpc) is 3.40. The van der Waals surface area contributed by atoms with E-state index in [4.69, 9.17) is 4.74 Å². The van der Waals surface area contributed by atoms with Crippen molar-refractivity contribution in [2.45, 2.75) is 18.6 Å². The van der Waals surface area contributed by atoms with Gasteiger partial charge in [-0.15, -0.1) is 11.3 Å². The molecule has 28 heavy (non-hydrogen) atoms. The van der Waals surface area contributed by atoms with E-state index in [1.165, 1.54) is 12.1 Å². The fraction of sp³-hybridized carbons (Fsp3) is 0.182. The second kappa shape index (κ2) is 7.96. The average molecular weight is 392 g/mol. The molecule has 1 aliphatic rings. The fourth-order valence-electron chi connectivity index (χ4n) is 3.44. The first-order valence-corrected chi connectivity index (χ1v) is 9.87. The minimum absolute atomic E-state index is 0.154. The molecule has 2 atom stereocenters. The van der Waals surface area contributed by atoms with Crippen LogP contribution in [0.1, 0.15) is 34.6 Å². The van der Waals surface area contributed by atoms with Crippen molar-refractivity contribution >= 4 is 23.0 Å². The number of carbonyl (C=O) groups is 1. The highest BCUT2D eigenvalue weighted by atomic mass is 32.1. The summed E-state index contributed by atoms with van der Waals surface area (Å²) < 4.78 is 5.53. The lowest BCUT2D eigenvalue weighted by Crippen LogP contribution is -2.32. The standard InChI is InChI=1S/C22H20N2O3S/c1-27-21(15-8-3-2-4-9-15)22(26)24-18(16-10-5-6-11-19(16)25)14-17(23-24)20-12-7-13-28-20/h2-13,18,21,25H,14H2,1H3/t18-,21-/m1/s1. The molecule has 0 radical (unpaired) electrons. The molecule has 2 aromatic carbocycles. The molecule has 0 fully saturated rings. The first-order chi connectivity index (χ1) is 13.7. The van der Waals surface area contributed by atoms with Gasteiger partial charge < -0.3 is 9.84 Å². The molecule has 0 saturated heterocycles. The Hall–Kier alpha value is -2.96. The second-order valence-corrected chi connectivity index (χ2v) is 7.46. The number of carbonyl (C=O) groups excluding carboxylic acids is 1. The summed E-state index contributed by atoms with van der Waals surface area (Å²) in [5, 5.41) is 18.5. The summed E-state index contributed by atoms with van der Waals surface area (Å²) in [6, 6.07) is 20.0. The SMILES string of the molecule is CO[C@@H](C(=O)N1N=C(c2cccs2)C[C@@H]1c1ccccc1O)c1ccccc1. The minimum Gasteiger partial charge on any atom is -0.508 e. The smallest absolute Gasteiger partial charge is 0.276 e. The van der Waals surface area contributed by atoms with E-state index in [1.54, 1.807) is 23.5 Å². The molecule has 6 heteroatoms. The number of nitrogens with zero attached hydrogens (tertiary/aromatic N) is 2. The molecule has 0 bridgehead atoms. The van der Waals surface area contributed by atoms with Crippen molar-refractivity contribution in [2.75, 3.05) is 7.11 Å². The Kier molecular flexibility index (Phi) is 5.23. The molecular weight excluding hydrogens is 372 g/mol. The van der Waals surface area contributed by atoms with Crippen LogP contribution in [0, 0.1) is 0 Å². The molecule has 4 rings (SSSR count). The lowest BCUT2D eigenvalue weighted by atomic mass is 9.99. The normalized spacial score (nSPS) is 17.4. The number of methoxy groups -OCH3 is 1. The van der Waals surface area contributed by atoms with Crippen LogP contribution in [-0.4, -0.2) is 28.8 Å². The van der Waals surface area contributed by atoms with E-state index in [2.05, 4.69) is 5.10 Å². The number of ether oxygens (including phenoxy) is 1. The Balaban J connectivity index is 1.73. The molecule has 0 spiro atoms. The van der Waals surface area contributed by atoms with E-state index in [0.29, 0.717) is 12.0 Å². The van der Waals surface area contributed by atoms with Crippen molar-refractivity contribution in [1.29, 1.82) is 0 Å². The van der Waals surface area contributed by atoms with Gasteiger partial charge in [-0.2, -0.15) is 5.10 Å². The first-order valence-electron chi connectivity index (χ1n) is 8.99. The van der Waals surface area contributed by atoms with E-state index in [9.17, 15) is 9.90 Å². The van der Waals surface area contributed by atoms with Crippen molar-refractivity contribution in [3.05, 3.63) is 88.1 Å². The van der Waals surface area contributed by atoms with Gasteiger partial charge in [0.15, 0.2) is 6.10 Å². The van der Waals surface area contributed by atoms with Crippen LogP contribution in [0.15, 0.2) is 77.2 Å². The van der Waals surface area contributed by atoms with Crippen molar-refractivity contribution < 1.29 is 14.6 Å². The van der Waals surface area contributed by atoms with Crippen molar-refractivity contribution in [3.63, 3.8) is 0 Å². The van der Waals surface area contributed by atoms with Crippen LogP contribution in [0.4, 0.5) is 0 Å². The molecule has 1 N–H and O–H groups in total. The maximum atomic E-state index is 13.4. The third kappa shape index (κ3) is 3.44. The van der Waals surface area contributed by atoms with Crippen LogP contribution in [0.25, 0.3) is 0 Å². The van der Waals surface area contributed by atoms with Gasteiger partial charge in [0, 0.05) is 19.1 Å². The third-order valence-electron chi connectivity index (χ3n) is 4.80. The molecule has 1 aromatic heterocycles. The summed E-state index contributed by atoms with van der Waals surface area (Å²) >= 11 is 1.58. The second-order valence-electron chi connectivity index (χ2n) is 6.51. The predicted octanol–water partition coefficient (Wildman–Crippen LogP) is 4.52. The number of rotatable bonds is 5. The Labute approximate surface area is 167 Å². The van der Waals surface area contributed by atoms with Gasteiger partial charge in [0.05, 0.1) is 16.6 Å². The van der Waals surface area contributed by atoms with Gasteiger partial charge in [0.25, 0.3) is 5.91 Å². The van der Waals surface area contributed by atoms with Gasteiger partial charge >= 0.3 is 0 Å². The summed E-state index contributed by atoms with van der Waals surface area (Å²) in [5.74, 6) is -0.102. The molecule has 1 amide bonds. The van der Waals surface area contributed by atoms with Crippen molar-refractivity contribution in [1.82, 2.24) is 5.01 Å². The summed E-state index contributed by atoms with van der Waals surface area (Å²) in [5.41, 5.74) is 2.28. The van der Waals surface area contributed by atoms with Gasteiger partial charge in [-0.3, -0.25) is 4.79 Å². The maximum absolute atomic E-state index is 13.4. The number of benzene rings is 2. The zero-order valence-corrected chi connectivity index (χ0v) is 16.2. The summed E-state index contributed by atoms with van der Waals surface area (Å²) in [6.07, 6.45) is -0.226. The van der Waals surface area contributed by atoms with E-state index in [0.717, 1.165) is 16.2 Å². The Bertz CT molecular complexity index is 986. The van der Waals surface area contributed by atoms with Gasteiger partial charge in [0.1, 0.15) is 5.75 Å². The lowest BCUT2D eigenvalue weighted by molar-refractivity contribution is -0.144.